The summed E-state index contributed by atoms with van der Waals surface area (Å²) >= 11 is 0. The van der Waals surface area contributed by atoms with Gasteiger partial charge in [0.15, 0.2) is 0 Å². The highest BCUT2D eigenvalue weighted by Crippen LogP contribution is 2.42. The zero-order valence-electron chi connectivity index (χ0n) is 14.3. The van der Waals surface area contributed by atoms with Gasteiger partial charge in [-0.25, -0.2) is 0 Å². The van der Waals surface area contributed by atoms with Crippen molar-refractivity contribution < 1.29 is 9.59 Å². The number of carbonyl (C=O) groups excluding carboxylic acids is 2. The van der Waals surface area contributed by atoms with Crippen molar-refractivity contribution in [1.29, 1.82) is 0 Å². The van der Waals surface area contributed by atoms with Crippen molar-refractivity contribution >= 4 is 11.8 Å². The van der Waals surface area contributed by atoms with E-state index in [4.69, 9.17) is 0 Å². The average molecular weight is 313 g/mol. The lowest BCUT2D eigenvalue weighted by molar-refractivity contribution is -0.135. The third-order valence-electron chi connectivity index (χ3n) is 5.58. The average Bonchev–Trinajstić information content (AvgIpc) is 2.58. The molecule has 0 N–H and O–H groups in total. The summed E-state index contributed by atoms with van der Waals surface area (Å²) in [5.74, 6) is 0.490. The smallest absolute Gasteiger partial charge is 0.260 e. The Morgan fingerprint density at radius 3 is 2.52 bits per heavy atom. The minimum absolute atomic E-state index is 0.00798. The fourth-order valence-corrected chi connectivity index (χ4v) is 4.39. The first-order chi connectivity index (χ1) is 11.1. The third-order valence-corrected chi connectivity index (χ3v) is 5.58. The molecule has 0 saturated heterocycles. The van der Waals surface area contributed by atoms with Crippen LogP contribution in [0, 0.1) is 5.92 Å². The summed E-state index contributed by atoms with van der Waals surface area (Å²) in [5.41, 5.74) is 1.11. The van der Waals surface area contributed by atoms with Crippen LogP contribution in [-0.2, 0) is 10.2 Å². The Hall–Kier alpha value is -1.64. The molecule has 1 aromatic rings. The Labute approximate surface area is 139 Å². The van der Waals surface area contributed by atoms with Gasteiger partial charge < -0.3 is 0 Å². The van der Waals surface area contributed by atoms with Gasteiger partial charge in [-0.1, -0.05) is 57.2 Å². The molecular weight excluding hydrogens is 286 g/mol. The molecule has 2 aliphatic rings. The first kappa shape index (κ1) is 16.2. The van der Waals surface area contributed by atoms with Crippen LogP contribution < -0.4 is 0 Å². The fraction of sp³-hybridized carbons (Fsp3) is 0.600. The van der Waals surface area contributed by atoms with Crippen molar-refractivity contribution in [3.05, 3.63) is 35.4 Å². The highest BCUT2D eigenvalue weighted by molar-refractivity contribution is 6.13. The molecule has 2 amide bonds. The maximum atomic E-state index is 13.2. The molecule has 0 radical (unpaired) electrons. The summed E-state index contributed by atoms with van der Waals surface area (Å²) in [5, 5.41) is 0. The maximum absolute atomic E-state index is 13.2. The predicted octanol–water partition coefficient (Wildman–Crippen LogP) is 4.31. The minimum atomic E-state index is -0.554. The lowest BCUT2D eigenvalue weighted by Crippen LogP contribution is -2.54. The molecule has 1 fully saturated rings. The van der Waals surface area contributed by atoms with Crippen molar-refractivity contribution in [1.82, 2.24) is 4.90 Å². The molecule has 3 rings (SSSR count). The number of imide groups is 1. The SMILES string of the molecule is CCCN1C(=O)c2ccccc2C(C)(CC2CCCCC2)C1=O. The molecule has 23 heavy (non-hydrogen) atoms. The number of hydrogen-bond acceptors (Lipinski definition) is 2. The van der Waals surface area contributed by atoms with Gasteiger partial charge in [0.05, 0.1) is 5.41 Å². The molecule has 1 aromatic carbocycles. The Balaban J connectivity index is 2.00. The van der Waals surface area contributed by atoms with Crippen molar-refractivity contribution in [3.63, 3.8) is 0 Å². The number of rotatable bonds is 4. The van der Waals surface area contributed by atoms with Crippen LogP contribution in [-0.4, -0.2) is 23.3 Å². The molecular formula is C20H27NO2. The van der Waals surface area contributed by atoms with Crippen LogP contribution >= 0.6 is 0 Å². The van der Waals surface area contributed by atoms with E-state index < -0.39 is 5.41 Å². The van der Waals surface area contributed by atoms with Crippen LogP contribution in [0.4, 0.5) is 0 Å². The van der Waals surface area contributed by atoms with E-state index in [1.807, 2.05) is 31.2 Å². The Morgan fingerprint density at radius 2 is 1.83 bits per heavy atom. The second-order valence-electron chi connectivity index (χ2n) is 7.35. The van der Waals surface area contributed by atoms with E-state index in [-0.39, 0.29) is 11.8 Å². The van der Waals surface area contributed by atoms with Crippen LogP contribution in [0.25, 0.3) is 0 Å². The lowest BCUT2D eigenvalue weighted by atomic mass is 9.68. The van der Waals surface area contributed by atoms with E-state index in [9.17, 15) is 9.59 Å². The first-order valence-electron chi connectivity index (χ1n) is 9.03. The Bertz CT molecular complexity index is 603. The largest absolute Gasteiger partial charge is 0.278 e. The molecule has 1 atom stereocenters. The number of hydrogen-bond donors (Lipinski definition) is 0. The summed E-state index contributed by atoms with van der Waals surface area (Å²) in [7, 11) is 0. The zero-order valence-corrected chi connectivity index (χ0v) is 14.3. The first-order valence-corrected chi connectivity index (χ1v) is 9.03. The quantitative estimate of drug-likeness (QED) is 0.777. The van der Waals surface area contributed by atoms with E-state index in [0.29, 0.717) is 12.5 Å². The standard InChI is InChI=1S/C20H27NO2/c1-3-13-21-18(22)16-11-7-8-12-17(16)20(2,19(21)23)14-15-9-5-4-6-10-15/h7-8,11-12,15H,3-6,9-10,13-14H2,1-2H3. The second kappa shape index (κ2) is 6.46. The molecule has 3 nitrogen and oxygen atoms in total. The van der Waals surface area contributed by atoms with Crippen LogP contribution in [0.2, 0.25) is 0 Å². The second-order valence-corrected chi connectivity index (χ2v) is 7.35. The molecule has 3 heteroatoms. The number of carbonyl (C=O) groups is 2. The van der Waals surface area contributed by atoms with Crippen molar-refractivity contribution in [2.45, 2.75) is 64.2 Å². The summed E-state index contributed by atoms with van der Waals surface area (Å²) in [6.45, 7) is 4.59. The predicted molar refractivity (Wildman–Crippen MR) is 91.3 cm³/mol. The van der Waals surface area contributed by atoms with Gasteiger partial charge in [0.2, 0.25) is 5.91 Å². The van der Waals surface area contributed by atoms with E-state index in [1.165, 1.54) is 37.0 Å². The number of benzene rings is 1. The topological polar surface area (TPSA) is 37.4 Å². The zero-order chi connectivity index (χ0) is 16.4. The minimum Gasteiger partial charge on any atom is -0.278 e. The van der Waals surface area contributed by atoms with Gasteiger partial charge in [0.1, 0.15) is 0 Å². The number of nitrogens with zero attached hydrogens (tertiary/aromatic N) is 1. The van der Waals surface area contributed by atoms with Crippen molar-refractivity contribution in [2.24, 2.45) is 5.92 Å². The van der Waals surface area contributed by atoms with E-state index >= 15 is 0 Å². The van der Waals surface area contributed by atoms with Crippen LogP contribution in [0.3, 0.4) is 0 Å². The van der Waals surface area contributed by atoms with Gasteiger partial charge in [-0.05, 0) is 37.3 Å². The summed E-state index contributed by atoms with van der Waals surface area (Å²) in [6, 6.07) is 7.72. The van der Waals surface area contributed by atoms with Gasteiger partial charge in [0, 0.05) is 12.1 Å². The molecule has 1 heterocycles. The van der Waals surface area contributed by atoms with Gasteiger partial charge in [-0.2, -0.15) is 0 Å². The van der Waals surface area contributed by atoms with Crippen molar-refractivity contribution in [3.8, 4) is 0 Å². The molecule has 0 bridgehead atoms. The molecule has 0 spiro atoms. The third kappa shape index (κ3) is 2.82. The molecule has 1 unspecified atom stereocenters. The number of fused-ring (bicyclic) bond motifs is 1. The Kier molecular flexibility index (Phi) is 4.56. The van der Waals surface area contributed by atoms with Crippen LogP contribution in [0.5, 0.6) is 0 Å². The van der Waals surface area contributed by atoms with E-state index in [2.05, 4.69) is 6.92 Å². The summed E-state index contributed by atoms with van der Waals surface area (Å²) < 4.78 is 0. The maximum Gasteiger partial charge on any atom is 0.260 e. The molecule has 1 aliphatic heterocycles. The van der Waals surface area contributed by atoms with E-state index in [1.54, 1.807) is 0 Å². The number of amides is 2. The van der Waals surface area contributed by atoms with Gasteiger partial charge in [-0.15, -0.1) is 0 Å². The van der Waals surface area contributed by atoms with E-state index in [0.717, 1.165) is 24.0 Å². The van der Waals surface area contributed by atoms with Gasteiger partial charge in [0.25, 0.3) is 5.91 Å². The highest BCUT2D eigenvalue weighted by Gasteiger charge is 2.47. The van der Waals surface area contributed by atoms with Crippen LogP contribution in [0.1, 0.15) is 74.7 Å². The summed E-state index contributed by atoms with van der Waals surface area (Å²) in [4.78, 5) is 27.4. The fourth-order valence-electron chi connectivity index (χ4n) is 4.39. The highest BCUT2D eigenvalue weighted by atomic mass is 16.2. The molecule has 1 saturated carbocycles. The van der Waals surface area contributed by atoms with Gasteiger partial charge >= 0.3 is 0 Å². The molecule has 1 aliphatic carbocycles. The molecule has 0 aromatic heterocycles. The van der Waals surface area contributed by atoms with Crippen molar-refractivity contribution in [2.75, 3.05) is 6.54 Å². The lowest BCUT2D eigenvalue weighted by Gasteiger charge is -2.42. The monoisotopic (exact) mass is 313 g/mol. The Morgan fingerprint density at radius 1 is 1.13 bits per heavy atom. The summed E-state index contributed by atoms with van der Waals surface area (Å²) in [6.07, 6.45) is 7.97. The van der Waals surface area contributed by atoms with Crippen LogP contribution in [0.15, 0.2) is 24.3 Å². The van der Waals surface area contributed by atoms with Gasteiger partial charge in [-0.3, -0.25) is 14.5 Å². The molecule has 124 valence electrons. The normalized spacial score (nSPS) is 25.6.